The standard InChI is InChI=1S/C34H46BrN3O2/c1-4-7-10-12-28-14-18-30(19-15-28)34(40)38(23-9-6-3)27-33(39)37(22-8-5-2)26-32-13-11-24-36(32)25-29-16-20-31(35)21-17-29/h11,13-21,24H,4-10,12,22-23,25-27H2,1-3H3. The molecule has 0 N–H and O–H groups in total. The molecular formula is C34H46BrN3O2. The van der Waals surface area contributed by atoms with Gasteiger partial charge in [0.25, 0.3) is 5.91 Å². The highest BCUT2D eigenvalue weighted by Gasteiger charge is 2.23. The Morgan fingerprint density at radius 1 is 0.750 bits per heavy atom. The monoisotopic (exact) mass is 607 g/mol. The summed E-state index contributed by atoms with van der Waals surface area (Å²) in [6.07, 6.45) is 10.5. The molecule has 0 saturated heterocycles. The van der Waals surface area contributed by atoms with Crippen molar-refractivity contribution in [3.05, 3.63) is 93.7 Å². The van der Waals surface area contributed by atoms with E-state index in [9.17, 15) is 9.59 Å². The van der Waals surface area contributed by atoms with Crippen LogP contribution in [0.2, 0.25) is 0 Å². The second-order valence-electron chi connectivity index (χ2n) is 10.7. The quantitative estimate of drug-likeness (QED) is 0.145. The van der Waals surface area contributed by atoms with Crippen molar-refractivity contribution in [3.8, 4) is 0 Å². The third-order valence-electron chi connectivity index (χ3n) is 7.34. The molecule has 0 spiro atoms. The van der Waals surface area contributed by atoms with Gasteiger partial charge in [-0.2, -0.15) is 0 Å². The number of unbranched alkanes of at least 4 members (excludes halogenated alkanes) is 4. The molecule has 0 radical (unpaired) electrons. The van der Waals surface area contributed by atoms with Crippen molar-refractivity contribution >= 4 is 27.7 Å². The molecule has 6 heteroatoms. The Labute approximate surface area is 249 Å². The molecule has 5 nitrogen and oxygen atoms in total. The van der Waals surface area contributed by atoms with Gasteiger partial charge in [0.15, 0.2) is 0 Å². The summed E-state index contributed by atoms with van der Waals surface area (Å²) in [4.78, 5) is 30.9. The van der Waals surface area contributed by atoms with Gasteiger partial charge in [-0.3, -0.25) is 9.59 Å². The minimum absolute atomic E-state index is 0.00507. The summed E-state index contributed by atoms with van der Waals surface area (Å²) in [5, 5.41) is 0. The van der Waals surface area contributed by atoms with E-state index in [1.807, 2.05) is 23.1 Å². The van der Waals surface area contributed by atoms with E-state index < -0.39 is 0 Å². The third-order valence-corrected chi connectivity index (χ3v) is 7.87. The van der Waals surface area contributed by atoms with Gasteiger partial charge in [0.1, 0.15) is 6.54 Å². The van der Waals surface area contributed by atoms with E-state index in [4.69, 9.17) is 0 Å². The van der Waals surface area contributed by atoms with Crippen LogP contribution in [-0.2, 0) is 24.3 Å². The molecule has 2 amide bonds. The van der Waals surface area contributed by atoms with Crippen molar-refractivity contribution in [2.45, 2.75) is 85.2 Å². The Morgan fingerprint density at radius 2 is 1.38 bits per heavy atom. The number of aromatic nitrogens is 1. The van der Waals surface area contributed by atoms with E-state index in [0.29, 0.717) is 25.2 Å². The number of aryl methyl sites for hydroxylation is 1. The number of carbonyl (C=O) groups is 2. The fourth-order valence-corrected chi connectivity index (χ4v) is 5.07. The summed E-state index contributed by atoms with van der Waals surface area (Å²) in [7, 11) is 0. The van der Waals surface area contributed by atoms with Crippen LogP contribution in [0.1, 0.15) is 92.9 Å². The third kappa shape index (κ3) is 9.96. The number of hydrogen-bond acceptors (Lipinski definition) is 2. The Bertz CT molecular complexity index is 1170. The highest BCUT2D eigenvalue weighted by atomic mass is 79.9. The van der Waals surface area contributed by atoms with E-state index in [1.54, 1.807) is 4.90 Å². The first-order valence-electron chi connectivity index (χ1n) is 15.0. The molecule has 0 fully saturated rings. The second-order valence-corrected chi connectivity index (χ2v) is 11.6. The fraction of sp³-hybridized carbons (Fsp3) is 0.471. The normalized spacial score (nSPS) is 11.0. The first kappa shape index (κ1) is 31.7. The van der Waals surface area contributed by atoms with Gasteiger partial charge < -0.3 is 14.4 Å². The first-order chi connectivity index (χ1) is 19.4. The van der Waals surface area contributed by atoms with Crippen molar-refractivity contribution in [1.82, 2.24) is 14.4 Å². The van der Waals surface area contributed by atoms with Crippen molar-refractivity contribution in [1.29, 1.82) is 0 Å². The predicted molar refractivity (Wildman–Crippen MR) is 168 cm³/mol. The second kappa shape index (κ2) is 17.1. The van der Waals surface area contributed by atoms with Gasteiger partial charge in [-0.25, -0.2) is 0 Å². The lowest BCUT2D eigenvalue weighted by Gasteiger charge is -2.28. The number of amides is 2. The van der Waals surface area contributed by atoms with Crippen molar-refractivity contribution in [2.75, 3.05) is 19.6 Å². The maximum absolute atomic E-state index is 13.7. The molecule has 3 aromatic rings. The van der Waals surface area contributed by atoms with Crippen LogP contribution in [0.4, 0.5) is 0 Å². The summed E-state index contributed by atoms with van der Waals surface area (Å²) in [6.45, 7) is 9.12. The largest absolute Gasteiger partial charge is 0.345 e. The van der Waals surface area contributed by atoms with E-state index in [0.717, 1.165) is 48.8 Å². The number of halogens is 1. The van der Waals surface area contributed by atoms with Crippen molar-refractivity contribution < 1.29 is 9.59 Å². The number of rotatable bonds is 17. The summed E-state index contributed by atoms with van der Waals surface area (Å²) >= 11 is 3.51. The topological polar surface area (TPSA) is 45.6 Å². The van der Waals surface area contributed by atoms with Gasteiger partial charge in [0.2, 0.25) is 5.91 Å². The van der Waals surface area contributed by atoms with Crippen LogP contribution >= 0.6 is 15.9 Å². The number of carbonyl (C=O) groups excluding carboxylic acids is 2. The highest BCUT2D eigenvalue weighted by molar-refractivity contribution is 9.10. The molecule has 0 bridgehead atoms. The van der Waals surface area contributed by atoms with Gasteiger partial charge in [-0.15, -0.1) is 0 Å². The summed E-state index contributed by atoms with van der Waals surface area (Å²) < 4.78 is 3.27. The molecule has 0 aliphatic carbocycles. The molecule has 1 heterocycles. The zero-order valence-corrected chi connectivity index (χ0v) is 26.2. The Morgan fingerprint density at radius 3 is 2.02 bits per heavy atom. The molecule has 40 heavy (non-hydrogen) atoms. The minimum atomic E-state index is -0.0593. The minimum Gasteiger partial charge on any atom is -0.345 e. The van der Waals surface area contributed by atoms with Crippen molar-refractivity contribution in [3.63, 3.8) is 0 Å². The Kier molecular flexibility index (Phi) is 13.5. The van der Waals surface area contributed by atoms with Gasteiger partial charge in [0.05, 0.1) is 6.54 Å². The van der Waals surface area contributed by atoms with Crippen LogP contribution in [0.3, 0.4) is 0 Å². The van der Waals surface area contributed by atoms with Crippen LogP contribution in [0.5, 0.6) is 0 Å². The Balaban J connectivity index is 1.71. The van der Waals surface area contributed by atoms with Gasteiger partial charge >= 0.3 is 0 Å². The molecule has 216 valence electrons. The number of nitrogens with zero attached hydrogens (tertiary/aromatic N) is 3. The summed E-state index contributed by atoms with van der Waals surface area (Å²) in [6, 6.07) is 20.5. The molecule has 0 aliphatic heterocycles. The highest BCUT2D eigenvalue weighted by Crippen LogP contribution is 2.16. The van der Waals surface area contributed by atoms with E-state index in [-0.39, 0.29) is 18.4 Å². The van der Waals surface area contributed by atoms with Crippen LogP contribution in [0.25, 0.3) is 0 Å². The molecule has 0 unspecified atom stereocenters. The van der Waals surface area contributed by atoms with Gasteiger partial charge in [0, 0.05) is 41.6 Å². The zero-order valence-electron chi connectivity index (χ0n) is 24.6. The molecular weight excluding hydrogens is 562 g/mol. The molecule has 1 aromatic heterocycles. The predicted octanol–water partition coefficient (Wildman–Crippen LogP) is 8.10. The fourth-order valence-electron chi connectivity index (χ4n) is 4.81. The molecule has 2 aromatic carbocycles. The van der Waals surface area contributed by atoms with Gasteiger partial charge in [-0.1, -0.05) is 86.6 Å². The Hall–Kier alpha value is -2.86. The molecule has 0 atom stereocenters. The smallest absolute Gasteiger partial charge is 0.254 e. The number of benzene rings is 2. The lowest BCUT2D eigenvalue weighted by Crippen LogP contribution is -2.43. The van der Waals surface area contributed by atoms with Crippen LogP contribution in [-0.4, -0.2) is 45.8 Å². The SMILES string of the molecule is CCCCCc1ccc(C(=O)N(CCCC)CC(=O)N(CCCC)Cc2cccn2Cc2ccc(Br)cc2)cc1. The van der Waals surface area contributed by atoms with Gasteiger partial charge in [-0.05, 0) is 73.2 Å². The lowest BCUT2D eigenvalue weighted by atomic mass is 10.0. The summed E-state index contributed by atoms with van der Waals surface area (Å²) in [5.41, 5.74) is 4.22. The van der Waals surface area contributed by atoms with E-state index >= 15 is 0 Å². The summed E-state index contributed by atoms with van der Waals surface area (Å²) in [5.74, 6) is -0.0542. The molecule has 0 saturated carbocycles. The van der Waals surface area contributed by atoms with Crippen molar-refractivity contribution in [2.24, 2.45) is 0 Å². The number of hydrogen-bond donors (Lipinski definition) is 0. The van der Waals surface area contributed by atoms with E-state index in [1.165, 1.54) is 30.4 Å². The van der Waals surface area contributed by atoms with Crippen LogP contribution < -0.4 is 0 Å². The van der Waals surface area contributed by atoms with Crippen LogP contribution in [0, 0.1) is 0 Å². The van der Waals surface area contributed by atoms with E-state index in [2.05, 4.69) is 89.9 Å². The lowest BCUT2D eigenvalue weighted by molar-refractivity contribution is -0.132. The first-order valence-corrected chi connectivity index (χ1v) is 15.8. The van der Waals surface area contributed by atoms with Crippen LogP contribution in [0.15, 0.2) is 71.3 Å². The average molecular weight is 609 g/mol. The molecule has 3 rings (SSSR count). The average Bonchev–Trinajstić information content (AvgIpc) is 3.40. The maximum atomic E-state index is 13.7. The maximum Gasteiger partial charge on any atom is 0.254 e. The zero-order chi connectivity index (χ0) is 28.7. The molecule has 0 aliphatic rings.